The van der Waals surface area contributed by atoms with Gasteiger partial charge in [0.1, 0.15) is 0 Å². The molecule has 0 N–H and O–H groups in total. The highest BCUT2D eigenvalue weighted by molar-refractivity contribution is 9.10. The first-order valence-corrected chi connectivity index (χ1v) is 6.47. The number of halogens is 1. The van der Waals surface area contributed by atoms with Crippen LogP contribution in [-0.4, -0.2) is 22.2 Å². The molecule has 0 spiro atoms. The number of rotatable bonds is 2. The number of hydrogen-bond acceptors (Lipinski definition) is 2. The highest BCUT2D eigenvalue weighted by atomic mass is 79.9. The van der Waals surface area contributed by atoms with Crippen LogP contribution in [0.4, 0.5) is 0 Å². The van der Waals surface area contributed by atoms with Crippen molar-refractivity contribution in [1.29, 1.82) is 0 Å². The van der Waals surface area contributed by atoms with Gasteiger partial charge in [0.05, 0.1) is 10.9 Å². The number of carbonyl (C=O) groups excluding carboxylic acids is 1. The molecule has 2 unspecified atom stereocenters. The SMILES string of the molecule is CC(c1cccs1)N1CCC(Br)C1=O. The highest BCUT2D eigenvalue weighted by Crippen LogP contribution is 2.30. The Bertz CT molecular complexity index is 325. The van der Waals surface area contributed by atoms with E-state index < -0.39 is 0 Å². The van der Waals surface area contributed by atoms with Crippen molar-refractivity contribution in [2.45, 2.75) is 24.2 Å². The largest absolute Gasteiger partial charge is 0.334 e. The summed E-state index contributed by atoms with van der Waals surface area (Å²) in [7, 11) is 0. The molecular weight excluding hydrogens is 262 g/mol. The van der Waals surface area contributed by atoms with Crippen LogP contribution in [0.2, 0.25) is 0 Å². The molecule has 0 bridgehead atoms. The van der Waals surface area contributed by atoms with Crippen LogP contribution in [0.5, 0.6) is 0 Å². The summed E-state index contributed by atoms with van der Waals surface area (Å²) >= 11 is 5.10. The van der Waals surface area contributed by atoms with Crippen molar-refractivity contribution in [3.05, 3.63) is 22.4 Å². The average molecular weight is 274 g/mol. The van der Waals surface area contributed by atoms with Crippen LogP contribution in [0.15, 0.2) is 17.5 Å². The minimum absolute atomic E-state index is 0.0323. The van der Waals surface area contributed by atoms with Crippen molar-refractivity contribution in [3.8, 4) is 0 Å². The fourth-order valence-electron chi connectivity index (χ4n) is 1.73. The minimum Gasteiger partial charge on any atom is -0.334 e. The Kier molecular flexibility index (Phi) is 2.93. The zero-order chi connectivity index (χ0) is 10.1. The summed E-state index contributed by atoms with van der Waals surface area (Å²) in [5.74, 6) is 0.228. The van der Waals surface area contributed by atoms with Gasteiger partial charge >= 0.3 is 0 Å². The maximum absolute atomic E-state index is 11.7. The lowest BCUT2D eigenvalue weighted by atomic mass is 10.2. The van der Waals surface area contributed by atoms with Crippen LogP contribution in [0, 0.1) is 0 Å². The van der Waals surface area contributed by atoms with Crippen molar-refractivity contribution in [1.82, 2.24) is 4.90 Å². The maximum atomic E-state index is 11.7. The first-order valence-electron chi connectivity index (χ1n) is 4.68. The summed E-state index contributed by atoms with van der Waals surface area (Å²) < 4.78 is 0. The Morgan fingerprint density at radius 1 is 1.71 bits per heavy atom. The molecule has 0 radical (unpaired) electrons. The summed E-state index contributed by atoms with van der Waals surface area (Å²) in [6, 6.07) is 4.34. The third kappa shape index (κ3) is 1.73. The van der Waals surface area contributed by atoms with Crippen LogP contribution in [0.3, 0.4) is 0 Å². The lowest BCUT2D eigenvalue weighted by Gasteiger charge is -2.23. The van der Waals surface area contributed by atoms with Crippen LogP contribution < -0.4 is 0 Å². The van der Waals surface area contributed by atoms with Crippen molar-refractivity contribution in [2.24, 2.45) is 0 Å². The Morgan fingerprint density at radius 3 is 3.00 bits per heavy atom. The highest BCUT2D eigenvalue weighted by Gasteiger charge is 2.33. The molecule has 2 nitrogen and oxygen atoms in total. The molecule has 14 heavy (non-hydrogen) atoms. The Hall–Kier alpha value is -0.350. The van der Waals surface area contributed by atoms with E-state index in [1.54, 1.807) is 11.3 Å². The number of likely N-dealkylation sites (tertiary alicyclic amines) is 1. The quantitative estimate of drug-likeness (QED) is 0.759. The standard InChI is InChI=1S/C10H12BrNOS/c1-7(9-3-2-6-14-9)12-5-4-8(11)10(12)13/h2-3,6-8H,4-5H2,1H3. The van der Waals surface area contributed by atoms with Gasteiger partial charge in [-0.05, 0) is 24.8 Å². The molecule has 0 saturated carbocycles. The molecule has 1 fully saturated rings. The Morgan fingerprint density at radius 2 is 2.50 bits per heavy atom. The second-order valence-corrected chi connectivity index (χ2v) is 5.56. The van der Waals surface area contributed by atoms with Gasteiger partial charge in [-0.25, -0.2) is 0 Å². The lowest BCUT2D eigenvalue weighted by Crippen LogP contribution is -2.29. The molecule has 2 atom stereocenters. The molecule has 1 amide bonds. The lowest BCUT2D eigenvalue weighted by molar-refractivity contribution is -0.128. The minimum atomic E-state index is 0.0323. The van der Waals surface area contributed by atoms with E-state index in [0.717, 1.165) is 13.0 Å². The van der Waals surface area contributed by atoms with Crippen LogP contribution in [0.25, 0.3) is 0 Å². The maximum Gasteiger partial charge on any atom is 0.236 e. The Balaban J connectivity index is 2.13. The van der Waals surface area contributed by atoms with Gasteiger partial charge < -0.3 is 4.90 Å². The van der Waals surface area contributed by atoms with Gasteiger partial charge in [0.2, 0.25) is 5.91 Å². The van der Waals surface area contributed by atoms with Crippen LogP contribution >= 0.6 is 27.3 Å². The zero-order valence-electron chi connectivity index (χ0n) is 7.94. The molecule has 1 aliphatic heterocycles. The predicted octanol–water partition coefficient (Wildman–Crippen LogP) is 2.80. The summed E-state index contributed by atoms with van der Waals surface area (Å²) in [6.45, 7) is 2.96. The fraction of sp³-hybridized carbons (Fsp3) is 0.500. The molecule has 0 aliphatic carbocycles. The summed E-state index contributed by atoms with van der Waals surface area (Å²) in [6.07, 6.45) is 0.925. The van der Waals surface area contributed by atoms with Crippen LogP contribution in [0.1, 0.15) is 24.3 Å². The van der Waals surface area contributed by atoms with Crippen molar-refractivity contribution in [2.75, 3.05) is 6.54 Å². The molecule has 4 heteroatoms. The third-order valence-corrected chi connectivity index (χ3v) is 4.49. The first-order chi connectivity index (χ1) is 6.70. The van der Waals surface area contributed by atoms with Gasteiger partial charge in [-0.3, -0.25) is 4.79 Å². The summed E-state index contributed by atoms with van der Waals surface area (Å²) in [4.78, 5) is 15.0. The van der Waals surface area contributed by atoms with Gasteiger partial charge in [-0.2, -0.15) is 0 Å². The third-order valence-electron chi connectivity index (χ3n) is 2.60. The molecular formula is C10H12BrNOS. The monoisotopic (exact) mass is 273 g/mol. The van der Waals surface area contributed by atoms with Gasteiger partial charge in [-0.1, -0.05) is 22.0 Å². The topological polar surface area (TPSA) is 20.3 Å². The van der Waals surface area contributed by atoms with E-state index in [4.69, 9.17) is 0 Å². The molecule has 0 aromatic carbocycles. The molecule has 2 rings (SSSR count). The van der Waals surface area contributed by atoms with E-state index in [2.05, 4.69) is 34.3 Å². The molecule has 1 saturated heterocycles. The van der Waals surface area contributed by atoms with E-state index in [9.17, 15) is 4.79 Å². The number of alkyl halides is 1. The first kappa shape index (κ1) is 10.2. The second kappa shape index (κ2) is 4.03. The average Bonchev–Trinajstić information content (AvgIpc) is 2.77. The molecule has 2 heterocycles. The predicted molar refractivity (Wildman–Crippen MR) is 61.8 cm³/mol. The van der Waals surface area contributed by atoms with E-state index in [0.29, 0.717) is 0 Å². The fourth-order valence-corrected chi connectivity index (χ4v) is 3.00. The van der Waals surface area contributed by atoms with Gasteiger partial charge in [-0.15, -0.1) is 11.3 Å². The van der Waals surface area contributed by atoms with E-state index in [1.165, 1.54) is 4.88 Å². The molecule has 1 aromatic rings. The zero-order valence-corrected chi connectivity index (χ0v) is 10.3. The van der Waals surface area contributed by atoms with Crippen molar-refractivity contribution in [3.63, 3.8) is 0 Å². The Labute approximate surface area is 96.0 Å². The van der Waals surface area contributed by atoms with E-state index in [1.807, 2.05) is 11.0 Å². The number of hydrogen-bond donors (Lipinski definition) is 0. The van der Waals surface area contributed by atoms with Crippen molar-refractivity contribution < 1.29 is 4.79 Å². The summed E-state index contributed by atoms with van der Waals surface area (Å²) in [5, 5.41) is 2.05. The molecule has 1 aromatic heterocycles. The van der Waals surface area contributed by atoms with Gasteiger partial charge in [0.15, 0.2) is 0 Å². The normalized spacial score (nSPS) is 24.3. The summed E-state index contributed by atoms with van der Waals surface area (Å²) in [5.41, 5.74) is 0. The smallest absolute Gasteiger partial charge is 0.236 e. The number of thiophene rings is 1. The number of nitrogens with zero attached hydrogens (tertiary/aromatic N) is 1. The van der Waals surface area contributed by atoms with E-state index >= 15 is 0 Å². The van der Waals surface area contributed by atoms with Gasteiger partial charge in [0, 0.05) is 11.4 Å². The molecule has 76 valence electrons. The number of amides is 1. The van der Waals surface area contributed by atoms with Crippen molar-refractivity contribution >= 4 is 33.2 Å². The second-order valence-electron chi connectivity index (χ2n) is 3.48. The van der Waals surface area contributed by atoms with Crippen LogP contribution in [-0.2, 0) is 4.79 Å². The van der Waals surface area contributed by atoms with E-state index in [-0.39, 0.29) is 16.8 Å². The number of carbonyl (C=O) groups is 1. The molecule has 1 aliphatic rings. The van der Waals surface area contributed by atoms with Gasteiger partial charge in [0.25, 0.3) is 0 Å².